The number of hydrogen-bond acceptors (Lipinski definition) is 3. The van der Waals surface area contributed by atoms with E-state index in [1.807, 2.05) is 13.0 Å². The molecular formula is C17H23NO2. The lowest BCUT2D eigenvalue weighted by Gasteiger charge is -2.29. The maximum Gasteiger partial charge on any atom is 0.309 e. The van der Waals surface area contributed by atoms with E-state index < -0.39 is 0 Å². The first kappa shape index (κ1) is 14.8. The molecule has 0 saturated heterocycles. The molecular weight excluding hydrogens is 250 g/mol. The van der Waals surface area contributed by atoms with E-state index in [1.165, 1.54) is 16.7 Å². The van der Waals surface area contributed by atoms with Crippen molar-refractivity contribution in [2.24, 2.45) is 0 Å². The third-order valence-corrected chi connectivity index (χ3v) is 3.71. The van der Waals surface area contributed by atoms with E-state index in [9.17, 15) is 4.79 Å². The van der Waals surface area contributed by atoms with E-state index in [1.54, 1.807) is 0 Å². The van der Waals surface area contributed by atoms with E-state index >= 15 is 0 Å². The molecule has 0 spiro atoms. The predicted octanol–water partition coefficient (Wildman–Crippen LogP) is 3.16. The molecule has 20 heavy (non-hydrogen) atoms. The highest BCUT2D eigenvalue weighted by Gasteiger charge is 2.18. The molecule has 0 bridgehead atoms. The molecule has 0 aliphatic carbocycles. The number of carbonyl (C=O) groups is 1. The summed E-state index contributed by atoms with van der Waals surface area (Å²) in [6.07, 6.45) is 1.43. The van der Waals surface area contributed by atoms with Gasteiger partial charge in [0, 0.05) is 19.6 Å². The lowest BCUT2D eigenvalue weighted by Crippen LogP contribution is -2.31. The molecule has 1 heterocycles. The molecule has 1 aromatic rings. The molecule has 108 valence electrons. The molecule has 1 aliphatic rings. The number of hydrogen-bond donors (Lipinski definition) is 0. The summed E-state index contributed by atoms with van der Waals surface area (Å²) in [4.78, 5) is 14.0. The van der Waals surface area contributed by atoms with Crippen LogP contribution in [0.5, 0.6) is 0 Å². The molecule has 0 fully saturated rings. The van der Waals surface area contributed by atoms with Crippen molar-refractivity contribution in [3.63, 3.8) is 0 Å². The normalized spacial score (nSPS) is 16.3. The van der Waals surface area contributed by atoms with Gasteiger partial charge in [0.15, 0.2) is 0 Å². The summed E-state index contributed by atoms with van der Waals surface area (Å²) in [6, 6.07) is 10.5. The van der Waals surface area contributed by atoms with Crippen LogP contribution in [-0.2, 0) is 16.1 Å². The molecule has 0 saturated carbocycles. The molecule has 0 radical (unpaired) electrons. The molecule has 0 aromatic heterocycles. The maximum atomic E-state index is 11.6. The van der Waals surface area contributed by atoms with E-state index in [2.05, 4.69) is 36.1 Å². The Hall–Kier alpha value is -1.61. The molecule has 0 unspecified atom stereocenters. The van der Waals surface area contributed by atoms with Crippen LogP contribution in [0.1, 0.15) is 32.3 Å². The summed E-state index contributed by atoms with van der Waals surface area (Å²) in [5, 5.41) is 0. The van der Waals surface area contributed by atoms with E-state index in [0.717, 1.165) is 26.1 Å². The van der Waals surface area contributed by atoms with Crippen LogP contribution < -0.4 is 0 Å². The van der Waals surface area contributed by atoms with Gasteiger partial charge in [-0.15, -0.1) is 0 Å². The van der Waals surface area contributed by atoms with Gasteiger partial charge in [-0.1, -0.05) is 41.5 Å². The summed E-state index contributed by atoms with van der Waals surface area (Å²) in [5.41, 5.74) is 3.92. The minimum absolute atomic E-state index is 0.0987. The van der Waals surface area contributed by atoms with Gasteiger partial charge < -0.3 is 4.74 Å². The van der Waals surface area contributed by atoms with Gasteiger partial charge in [-0.3, -0.25) is 9.69 Å². The van der Waals surface area contributed by atoms with Gasteiger partial charge in [-0.2, -0.15) is 0 Å². The smallest absolute Gasteiger partial charge is 0.309 e. The zero-order chi connectivity index (χ0) is 14.4. The van der Waals surface area contributed by atoms with Gasteiger partial charge in [0.1, 0.15) is 0 Å². The average Bonchev–Trinajstić information content (AvgIpc) is 2.43. The van der Waals surface area contributed by atoms with Gasteiger partial charge in [0.05, 0.1) is 13.0 Å². The highest BCUT2D eigenvalue weighted by molar-refractivity contribution is 5.72. The van der Waals surface area contributed by atoms with Crippen molar-refractivity contribution in [3.8, 4) is 0 Å². The molecule has 3 heteroatoms. The highest BCUT2D eigenvalue weighted by atomic mass is 16.5. The second-order valence-electron chi connectivity index (χ2n) is 5.31. The van der Waals surface area contributed by atoms with Crippen molar-refractivity contribution in [1.29, 1.82) is 0 Å². The van der Waals surface area contributed by atoms with E-state index in [0.29, 0.717) is 13.0 Å². The van der Waals surface area contributed by atoms with Crippen molar-refractivity contribution in [2.45, 2.75) is 33.2 Å². The van der Waals surface area contributed by atoms with Gasteiger partial charge in [0.25, 0.3) is 0 Å². The van der Waals surface area contributed by atoms with Crippen molar-refractivity contribution < 1.29 is 9.53 Å². The number of ether oxygens (including phenoxy) is 1. The summed E-state index contributed by atoms with van der Waals surface area (Å²) in [6.45, 7) is 7.38. The largest absolute Gasteiger partial charge is 0.466 e. The Morgan fingerprint density at radius 2 is 2.05 bits per heavy atom. The van der Waals surface area contributed by atoms with Crippen LogP contribution in [0.25, 0.3) is 0 Å². The maximum absolute atomic E-state index is 11.6. The molecule has 2 rings (SSSR count). The summed E-state index contributed by atoms with van der Waals surface area (Å²) >= 11 is 0. The Bertz CT molecular complexity index is 479. The van der Waals surface area contributed by atoms with Crippen LogP contribution in [0, 0.1) is 0 Å². The molecule has 0 atom stereocenters. The monoisotopic (exact) mass is 273 g/mol. The third-order valence-electron chi connectivity index (χ3n) is 3.71. The van der Waals surface area contributed by atoms with Gasteiger partial charge in [-0.05, 0) is 25.8 Å². The second kappa shape index (κ2) is 7.25. The standard InChI is InChI=1S/C17H23NO2/c1-3-20-17(19)11-16-9-10-18(12-14(16)2)13-15-7-5-4-6-8-15/h4-8H,3,9-13H2,1-2H3. The second-order valence-corrected chi connectivity index (χ2v) is 5.31. The van der Waals surface area contributed by atoms with Crippen LogP contribution in [0.3, 0.4) is 0 Å². The Morgan fingerprint density at radius 3 is 2.70 bits per heavy atom. The first-order valence-electron chi connectivity index (χ1n) is 7.28. The Morgan fingerprint density at radius 1 is 1.30 bits per heavy atom. The lowest BCUT2D eigenvalue weighted by molar-refractivity contribution is -0.142. The first-order chi connectivity index (χ1) is 9.69. The first-order valence-corrected chi connectivity index (χ1v) is 7.28. The SMILES string of the molecule is CCOC(=O)CC1=C(C)CN(Cc2ccccc2)CC1. The topological polar surface area (TPSA) is 29.5 Å². The van der Waals surface area contributed by atoms with Crippen molar-refractivity contribution in [1.82, 2.24) is 4.90 Å². The average molecular weight is 273 g/mol. The minimum Gasteiger partial charge on any atom is -0.466 e. The zero-order valence-electron chi connectivity index (χ0n) is 12.4. The van der Waals surface area contributed by atoms with Gasteiger partial charge >= 0.3 is 5.97 Å². The van der Waals surface area contributed by atoms with Crippen molar-refractivity contribution in [2.75, 3.05) is 19.7 Å². The fraction of sp³-hybridized carbons (Fsp3) is 0.471. The molecule has 1 aromatic carbocycles. The van der Waals surface area contributed by atoms with Crippen molar-refractivity contribution in [3.05, 3.63) is 47.0 Å². The summed E-state index contributed by atoms with van der Waals surface area (Å²) < 4.78 is 5.03. The van der Waals surface area contributed by atoms with E-state index in [4.69, 9.17) is 4.74 Å². The van der Waals surface area contributed by atoms with Crippen LogP contribution >= 0.6 is 0 Å². The summed E-state index contributed by atoms with van der Waals surface area (Å²) in [5.74, 6) is -0.0987. The summed E-state index contributed by atoms with van der Waals surface area (Å²) in [7, 11) is 0. The number of nitrogens with zero attached hydrogens (tertiary/aromatic N) is 1. The number of esters is 1. The fourth-order valence-electron chi connectivity index (χ4n) is 2.63. The quantitative estimate of drug-likeness (QED) is 0.609. The van der Waals surface area contributed by atoms with Crippen molar-refractivity contribution >= 4 is 5.97 Å². The molecule has 3 nitrogen and oxygen atoms in total. The number of benzene rings is 1. The van der Waals surface area contributed by atoms with E-state index in [-0.39, 0.29) is 5.97 Å². The Kier molecular flexibility index (Phi) is 5.36. The Balaban J connectivity index is 1.91. The Labute approximate surface area is 121 Å². The fourth-order valence-corrected chi connectivity index (χ4v) is 2.63. The highest BCUT2D eigenvalue weighted by Crippen LogP contribution is 2.22. The van der Waals surface area contributed by atoms with Gasteiger partial charge in [-0.25, -0.2) is 0 Å². The van der Waals surface area contributed by atoms with Gasteiger partial charge in [0.2, 0.25) is 0 Å². The zero-order valence-corrected chi connectivity index (χ0v) is 12.4. The third kappa shape index (κ3) is 4.20. The van der Waals surface area contributed by atoms with Crippen LogP contribution in [0.15, 0.2) is 41.5 Å². The van der Waals surface area contributed by atoms with Crippen LogP contribution in [0.2, 0.25) is 0 Å². The van der Waals surface area contributed by atoms with Crippen LogP contribution in [-0.4, -0.2) is 30.6 Å². The molecule has 0 N–H and O–H groups in total. The number of rotatable bonds is 5. The van der Waals surface area contributed by atoms with Crippen LogP contribution in [0.4, 0.5) is 0 Å². The molecule has 0 amide bonds. The molecule has 1 aliphatic heterocycles. The minimum atomic E-state index is -0.0987. The predicted molar refractivity (Wildman–Crippen MR) is 80.3 cm³/mol. The lowest BCUT2D eigenvalue weighted by atomic mass is 9.98. The number of carbonyl (C=O) groups excluding carboxylic acids is 1.